The largest absolute Gasteiger partial charge is 0.326 e. The van der Waals surface area contributed by atoms with Gasteiger partial charge in [0.25, 0.3) is 0 Å². The van der Waals surface area contributed by atoms with Crippen LogP contribution in [0.15, 0.2) is 0 Å². The molecule has 4 nitrogen and oxygen atoms in total. The number of rotatable bonds is 4. The average Bonchev–Trinajstić information content (AvgIpc) is 2.15. The highest BCUT2D eigenvalue weighted by Crippen LogP contribution is 2.23. The zero-order valence-corrected chi connectivity index (χ0v) is 12.2. The van der Waals surface area contributed by atoms with Crippen molar-refractivity contribution in [2.45, 2.75) is 40.2 Å². The molecule has 0 bridgehead atoms. The second kappa shape index (κ2) is 5.67. The molecule has 0 aromatic carbocycles. The highest BCUT2D eigenvalue weighted by Gasteiger charge is 2.31. The number of hydrogen-bond acceptors (Lipinski definition) is 3. The third-order valence-corrected chi connectivity index (χ3v) is 5.38. The lowest BCUT2D eigenvalue weighted by molar-refractivity contribution is 0.222. The minimum Gasteiger partial charge on any atom is -0.326 e. The number of nitrogens with two attached hydrogens (primary N) is 1. The van der Waals surface area contributed by atoms with Crippen LogP contribution in [-0.2, 0) is 10.0 Å². The molecule has 102 valence electrons. The molecule has 5 heteroatoms. The fourth-order valence-electron chi connectivity index (χ4n) is 2.37. The third-order valence-electron chi connectivity index (χ3n) is 3.49. The Labute approximate surface area is 106 Å². The zero-order chi connectivity index (χ0) is 13.2. The summed E-state index contributed by atoms with van der Waals surface area (Å²) < 4.78 is 26.1. The molecule has 0 aromatic rings. The Morgan fingerprint density at radius 1 is 1.24 bits per heavy atom. The Morgan fingerprint density at radius 3 is 2.12 bits per heavy atom. The SMILES string of the molecule is CC1CC(C)CN(S(=O)(=O)CC(N)C(C)C)C1. The van der Waals surface area contributed by atoms with Gasteiger partial charge in [0, 0.05) is 19.1 Å². The minimum absolute atomic E-state index is 0.0735. The van der Waals surface area contributed by atoms with Gasteiger partial charge >= 0.3 is 0 Å². The lowest BCUT2D eigenvalue weighted by atomic mass is 9.94. The van der Waals surface area contributed by atoms with Crippen LogP contribution in [0.25, 0.3) is 0 Å². The lowest BCUT2D eigenvalue weighted by Gasteiger charge is -2.34. The van der Waals surface area contributed by atoms with E-state index >= 15 is 0 Å². The summed E-state index contributed by atoms with van der Waals surface area (Å²) in [6.07, 6.45) is 1.11. The Bertz CT molecular complexity index is 330. The number of sulfonamides is 1. The predicted octanol–water partition coefficient (Wildman–Crippen LogP) is 1.28. The van der Waals surface area contributed by atoms with Crippen LogP contribution >= 0.6 is 0 Å². The summed E-state index contributed by atoms with van der Waals surface area (Å²) in [5.41, 5.74) is 5.87. The number of piperidine rings is 1. The summed E-state index contributed by atoms with van der Waals surface area (Å²) in [5, 5.41) is 0. The van der Waals surface area contributed by atoms with E-state index in [2.05, 4.69) is 13.8 Å². The highest BCUT2D eigenvalue weighted by atomic mass is 32.2. The van der Waals surface area contributed by atoms with Crippen molar-refractivity contribution in [1.29, 1.82) is 0 Å². The first kappa shape index (κ1) is 14.9. The van der Waals surface area contributed by atoms with Gasteiger partial charge in [0.05, 0.1) is 5.75 Å². The molecular weight excluding hydrogens is 236 g/mol. The molecule has 1 aliphatic heterocycles. The van der Waals surface area contributed by atoms with Crippen molar-refractivity contribution in [3.8, 4) is 0 Å². The van der Waals surface area contributed by atoms with E-state index in [0.29, 0.717) is 24.9 Å². The molecule has 0 spiro atoms. The summed E-state index contributed by atoms with van der Waals surface area (Å²) in [7, 11) is -3.19. The standard InChI is InChI=1S/C12H26N2O2S/c1-9(2)12(13)8-17(15,16)14-6-10(3)5-11(4)7-14/h9-12H,5-8,13H2,1-4H3. The van der Waals surface area contributed by atoms with E-state index in [1.165, 1.54) is 0 Å². The first-order valence-corrected chi connectivity index (χ1v) is 8.06. The van der Waals surface area contributed by atoms with Crippen LogP contribution in [0.5, 0.6) is 0 Å². The summed E-state index contributed by atoms with van der Waals surface area (Å²) in [6, 6.07) is -0.271. The maximum atomic E-state index is 12.2. The first-order valence-electron chi connectivity index (χ1n) is 6.45. The zero-order valence-electron chi connectivity index (χ0n) is 11.4. The van der Waals surface area contributed by atoms with Crippen molar-refractivity contribution in [3.63, 3.8) is 0 Å². The number of nitrogens with zero attached hydrogens (tertiary/aromatic N) is 1. The fraction of sp³-hybridized carbons (Fsp3) is 1.00. The number of hydrogen-bond donors (Lipinski definition) is 1. The molecular formula is C12H26N2O2S. The molecule has 0 saturated carbocycles. The Kier molecular flexibility index (Phi) is 4.98. The van der Waals surface area contributed by atoms with Crippen LogP contribution in [0, 0.1) is 17.8 Å². The quantitative estimate of drug-likeness (QED) is 0.830. The maximum absolute atomic E-state index is 12.2. The topological polar surface area (TPSA) is 63.4 Å². The van der Waals surface area contributed by atoms with Crippen molar-refractivity contribution >= 4 is 10.0 Å². The second-order valence-electron chi connectivity index (χ2n) is 5.95. The van der Waals surface area contributed by atoms with Crippen molar-refractivity contribution < 1.29 is 8.42 Å². The van der Waals surface area contributed by atoms with Crippen LogP contribution in [-0.4, -0.2) is 37.6 Å². The van der Waals surface area contributed by atoms with Gasteiger partial charge in [-0.15, -0.1) is 0 Å². The van der Waals surface area contributed by atoms with Crippen molar-refractivity contribution in [2.24, 2.45) is 23.5 Å². The smallest absolute Gasteiger partial charge is 0.215 e. The van der Waals surface area contributed by atoms with Gasteiger partial charge in [-0.3, -0.25) is 0 Å². The predicted molar refractivity (Wildman–Crippen MR) is 71.1 cm³/mol. The average molecular weight is 262 g/mol. The summed E-state index contributed by atoms with van der Waals surface area (Å²) in [6.45, 7) is 9.44. The molecule has 1 heterocycles. The maximum Gasteiger partial charge on any atom is 0.215 e. The van der Waals surface area contributed by atoms with Crippen LogP contribution < -0.4 is 5.73 Å². The molecule has 1 saturated heterocycles. The molecule has 1 rings (SSSR count). The molecule has 3 unspecified atom stereocenters. The van der Waals surface area contributed by atoms with E-state index in [-0.39, 0.29) is 17.7 Å². The van der Waals surface area contributed by atoms with Gasteiger partial charge in [-0.2, -0.15) is 0 Å². The van der Waals surface area contributed by atoms with Gasteiger partial charge in [-0.25, -0.2) is 12.7 Å². The van der Waals surface area contributed by atoms with Gasteiger partial charge in [-0.1, -0.05) is 27.7 Å². The molecule has 1 aliphatic rings. The molecule has 17 heavy (non-hydrogen) atoms. The van der Waals surface area contributed by atoms with E-state index in [1.54, 1.807) is 4.31 Å². The second-order valence-corrected chi connectivity index (χ2v) is 7.96. The van der Waals surface area contributed by atoms with Crippen molar-refractivity contribution in [3.05, 3.63) is 0 Å². The van der Waals surface area contributed by atoms with E-state index < -0.39 is 10.0 Å². The molecule has 2 N–H and O–H groups in total. The van der Waals surface area contributed by atoms with Crippen LogP contribution in [0.2, 0.25) is 0 Å². The van der Waals surface area contributed by atoms with Gasteiger partial charge in [0.15, 0.2) is 0 Å². The van der Waals surface area contributed by atoms with Gasteiger partial charge in [0.1, 0.15) is 0 Å². The molecule has 1 fully saturated rings. The first-order chi connectivity index (χ1) is 7.72. The van der Waals surface area contributed by atoms with E-state index in [4.69, 9.17) is 5.73 Å². The molecule has 0 aromatic heterocycles. The van der Waals surface area contributed by atoms with Crippen LogP contribution in [0.4, 0.5) is 0 Å². The normalized spacial score (nSPS) is 29.5. The Morgan fingerprint density at radius 2 is 1.71 bits per heavy atom. The molecule has 0 radical (unpaired) electrons. The van der Waals surface area contributed by atoms with Gasteiger partial charge < -0.3 is 5.73 Å². The molecule has 3 atom stereocenters. The van der Waals surface area contributed by atoms with Crippen LogP contribution in [0.3, 0.4) is 0 Å². The highest BCUT2D eigenvalue weighted by molar-refractivity contribution is 7.89. The third kappa shape index (κ3) is 4.23. The van der Waals surface area contributed by atoms with E-state index in [0.717, 1.165) is 6.42 Å². The monoisotopic (exact) mass is 262 g/mol. The summed E-state index contributed by atoms with van der Waals surface area (Å²) in [4.78, 5) is 0. The van der Waals surface area contributed by atoms with Crippen molar-refractivity contribution in [2.75, 3.05) is 18.8 Å². The molecule has 0 aliphatic carbocycles. The summed E-state index contributed by atoms with van der Waals surface area (Å²) in [5.74, 6) is 1.17. The van der Waals surface area contributed by atoms with Gasteiger partial charge in [-0.05, 0) is 24.2 Å². The van der Waals surface area contributed by atoms with Crippen LogP contribution in [0.1, 0.15) is 34.1 Å². The summed E-state index contributed by atoms with van der Waals surface area (Å²) >= 11 is 0. The van der Waals surface area contributed by atoms with E-state index in [9.17, 15) is 8.42 Å². The Balaban J connectivity index is 2.69. The Hall–Kier alpha value is -0.130. The van der Waals surface area contributed by atoms with E-state index in [1.807, 2.05) is 13.8 Å². The fourth-order valence-corrected chi connectivity index (χ4v) is 4.42. The minimum atomic E-state index is -3.19. The van der Waals surface area contributed by atoms with Gasteiger partial charge in [0.2, 0.25) is 10.0 Å². The lowest BCUT2D eigenvalue weighted by Crippen LogP contribution is -2.47. The van der Waals surface area contributed by atoms with Crippen molar-refractivity contribution in [1.82, 2.24) is 4.31 Å². The molecule has 0 amide bonds.